The number of hydrogen-bond acceptors (Lipinski definition) is 5. The molecule has 162 valence electrons. The lowest BCUT2D eigenvalue weighted by Gasteiger charge is -2.25. The molecule has 1 aromatic heterocycles. The fourth-order valence-electron chi connectivity index (χ4n) is 3.80. The van der Waals surface area contributed by atoms with Gasteiger partial charge in [0, 0.05) is 24.5 Å². The molecular weight excluding hydrogens is 428 g/mol. The summed E-state index contributed by atoms with van der Waals surface area (Å²) in [7, 11) is 1.49. The van der Waals surface area contributed by atoms with Crippen molar-refractivity contribution in [1.82, 2.24) is 9.88 Å². The number of hydrogen-bond donors (Lipinski definition) is 1. The zero-order valence-electron chi connectivity index (χ0n) is 17.6. The predicted molar refractivity (Wildman–Crippen MR) is 121 cm³/mol. The number of benzene rings is 2. The van der Waals surface area contributed by atoms with Crippen molar-refractivity contribution in [3.63, 3.8) is 0 Å². The molecule has 6 nitrogen and oxygen atoms in total. The van der Waals surface area contributed by atoms with Crippen LogP contribution in [0.3, 0.4) is 0 Å². The van der Waals surface area contributed by atoms with Crippen LogP contribution in [-0.2, 0) is 16.1 Å². The maximum Gasteiger partial charge on any atom is 0.295 e. The number of ketones is 1. The first kappa shape index (κ1) is 21.6. The van der Waals surface area contributed by atoms with Gasteiger partial charge in [0.15, 0.2) is 0 Å². The Labute approximate surface area is 190 Å². The Hall–Kier alpha value is -3.64. The molecule has 32 heavy (non-hydrogen) atoms. The van der Waals surface area contributed by atoms with Crippen LogP contribution in [-0.4, -0.2) is 33.8 Å². The van der Waals surface area contributed by atoms with Gasteiger partial charge in [0.2, 0.25) is 0 Å². The number of carbonyl (C=O) groups excluding carboxylic acids is 2. The summed E-state index contributed by atoms with van der Waals surface area (Å²) in [5.74, 6) is -1.27. The number of rotatable bonds is 5. The summed E-state index contributed by atoms with van der Waals surface area (Å²) in [5, 5.41) is 11.4. The first-order valence-electron chi connectivity index (χ1n) is 9.98. The Morgan fingerprint density at radius 2 is 1.91 bits per heavy atom. The fourth-order valence-corrected chi connectivity index (χ4v) is 4.05. The van der Waals surface area contributed by atoms with E-state index < -0.39 is 17.7 Å². The second-order valence-corrected chi connectivity index (χ2v) is 7.96. The standard InChI is InChI=1S/C25H21ClN2O4/c1-15-5-7-17(8-6-15)22-21(23(29)18-9-10-20(32-2)19(26)12-18)24(30)25(31)28(22)14-16-4-3-11-27-13-16/h3-13,22,29H,14H2,1-2H3/b23-21-. The highest BCUT2D eigenvalue weighted by molar-refractivity contribution is 6.46. The van der Waals surface area contributed by atoms with Crippen LogP contribution in [0.2, 0.25) is 5.02 Å². The van der Waals surface area contributed by atoms with Gasteiger partial charge in [-0.2, -0.15) is 0 Å². The quantitative estimate of drug-likeness (QED) is 0.348. The Morgan fingerprint density at radius 1 is 1.16 bits per heavy atom. The summed E-state index contributed by atoms with van der Waals surface area (Å²) in [6, 6.07) is 15.1. The second-order valence-electron chi connectivity index (χ2n) is 7.55. The first-order chi connectivity index (χ1) is 15.4. The predicted octanol–water partition coefficient (Wildman–Crippen LogP) is 4.67. The Balaban J connectivity index is 1.86. The molecule has 4 rings (SSSR count). The van der Waals surface area contributed by atoms with Crippen molar-refractivity contribution in [3.05, 3.63) is 99.8 Å². The van der Waals surface area contributed by atoms with Crippen molar-refractivity contribution in [2.45, 2.75) is 19.5 Å². The fraction of sp³-hybridized carbons (Fsp3) is 0.160. The second kappa shape index (κ2) is 8.85. The van der Waals surface area contributed by atoms with Crippen molar-refractivity contribution < 1.29 is 19.4 Å². The van der Waals surface area contributed by atoms with Gasteiger partial charge in [0.1, 0.15) is 11.5 Å². The van der Waals surface area contributed by atoms with E-state index in [1.165, 1.54) is 18.1 Å². The highest BCUT2D eigenvalue weighted by atomic mass is 35.5. The third kappa shape index (κ3) is 3.97. The minimum atomic E-state index is -0.753. The average Bonchev–Trinajstić information content (AvgIpc) is 3.04. The summed E-state index contributed by atoms with van der Waals surface area (Å²) in [6.45, 7) is 2.13. The van der Waals surface area contributed by atoms with Crippen molar-refractivity contribution >= 4 is 29.1 Å². The average molecular weight is 449 g/mol. The summed E-state index contributed by atoms with van der Waals surface area (Å²) < 4.78 is 5.16. The number of amides is 1. The summed E-state index contributed by atoms with van der Waals surface area (Å²) in [6.07, 6.45) is 3.29. The number of aromatic nitrogens is 1. The van der Waals surface area contributed by atoms with Gasteiger partial charge in [-0.1, -0.05) is 47.5 Å². The van der Waals surface area contributed by atoms with E-state index in [9.17, 15) is 14.7 Å². The number of Topliss-reactive ketones (excluding diaryl/α,β-unsaturated/α-hetero) is 1. The maximum atomic E-state index is 13.1. The minimum absolute atomic E-state index is 0.0176. The highest BCUT2D eigenvalue weighted by Crippen LogP contribution is 2.41. The van der Waals surface area contributed by atoms with Crippen LogP contribution < -0.4 is 4.74 Å². The van der Waals surface area contributed by atoms with Gasteiger partial charge in [-0.15, -0.1) is 0 Å². The van der Waals surface area contributed by atoms with E-state index in [2.05, 4.69) is 4.98 Å². The number of aryl methyl sites for hydroxylation is 1. The van der Waals surface area contributed by atoms with Crippen molar-refractivity contribution in [1.29, 1.82) is 0 Å². The van der Waals surface area contributed by atoms with Gasteiger partial charge in [0.05, 0.1) is 23.7 Å². The minimum Gasteiger partial charge on any atom is -0.507 e. The van der Waals surface area contributed by atoms with Gasteiger partial charge in [-0.25, -0.2) is 0 Å². The van der Waals surface area contributed by atoms with E-state index in [0.717, 1.165) is 16.7 Å². The van der Waals surface area contributed by atoms with Crippen LogP contribution in [0.15, 0.2) is 72.6 Å². The summed E-state index contributed by atoms with van der Waals surface area (Å²) >= 11 is 6.22. The lowest BCUT2D eigenvalue weighted by Crippen LogP contribution is -2.29. The zero-order valence-corrected chi connectivity index (χ0v) is 18.3. The molecule has 1 atom stereocenters. The van der Waals surface area contributed by atoms with E-state index in [1.54, 1.807) is 30.6 Å². The Kier molecular flexibility index (Phi) is 5.97. The Bertz CT molecular complexity index is 1210. The molecule has 0 radical (unpaired) electrons. The third-order valence-electron chi connectivity index (χ3n) is 5.43. The molecule has 2 aromatic carbocycles. The van der Waals surface area contributed by atoms with Gasteiger partial charge in [-0.3, -0.25) is 14.6 Å². The topological polar surface area (TPSA) is 79.7 Å². The van der Waals surface area contributed by atoms with Crippen LogP contribution in [0.4, 0.5) is 0 Å². The summed E-state index contributed by atoms with van der Waals surface area (Å²) in [4.78, 5) is 31.7. The van der Waals surface area contributed by atoms with Gasteiger partial charge in [0.25, 0.3) is 11.7 Å². The molecule has 3 aromatic rings. The smallest absolute Gasteiger partial charge is 0.295 e. The molecule has 1 N–H and O–H groups in total. The molecule has 0 saturated carbocycles. The zero-order chi connectivity index (χ0) is 22.8. The van der Waals surface area contributed by atoms with E-state index in [4.69, 9.17) is 16.3 Å². The molecule has 0 bridgehead atoms. The highest BCUT2D eigenvalue weighted by Gasteiger charge is 2.46. The maximum absolute atomic E-state index is 13.1. The molecule has 1 aliphatic heterocycles. The number of ether oxygens (including phenoxy) is 1. The number of aliphatic hydroxyl groups is 1. The normalized spacial score (nSPS) is 17.6. The largest absolute Gasteiger partial charge is 0.507 e. The van der Waals surface area contributed by atoms with Crippen LogP contribution in [0.5, 0.6) is 5.75 Å². The molecule has 0 aliphatic carbocycles. The molecule has 0 spiro atoms. The van der Waals surface area contributed by atoms with E-state index >= 15 is 0 Å². The molecule has 7 heteroatoms. The van der Waals surface area contributed by atoms with Crippen LogP contribution in [0.1, 0.15) is 28.3 Å². The number of aliphatic hydroxyl groups excluding tert-OH is 1. The molecule has 1 saturated heterocycles. The monoisotopic (exact) mass is 448 g/mol. The molecule has 1 amide bonds. The van der Waals surface area contributed by atoms with E-state index in [-0.39, 0.29) is 22.9 Å². The molecule has 1 unspecified atom stereocenters. The molecule has 2 heterocycles. The number of methoxy groups -OCH3 is 1. The lowest BCUT2D eigenvalue weighted by molar-refractivity contribution is -0.140. The molecular formula is C25H21ClN2O4. The first-order valence-corrected chi connectivity index (χ1v) is 10.4. The molecule has 1 fully saturated rings. The van der Waals surface area contributed by atoms with Crippen molar-refractivity contribution in [2.75, 3.05) is 7.11 Å². The molecule has 1 aliphatic rings. The van der Waals surface area contributed by atoms with Crippen LogP contribution >= 0.6 is 11.6 Å². The van der Waals surface area contributed by atoms with Crippen molar-refractivity contribution in [2.24, 2.45) is 0 Å². The summed E-state index contributed by atoms with van der Waals surface area (Å²) in [5.41, 5.74) is 2.88. The van der Waals surface area contributed by atoms with Gasteiger partial charge in [-0.05, 0) is 42.3 Å². The third-order valence-corrected chi connectivity index (χ3v) is 5.73. The van der Waals surface area contributed by atoms with E-state index in [0.29, 0.717) is 11.3 Å². The van der Waals surface area contributed by atoms with Crippen LogP contribution in [0, 0.1) is 6.92 Å². The number of carbonyl (C=O) groups is 2. The van der Waals surface area contributed by atoms with Crippen LogP contribution in [0.25, 0.3) is 5.76 Å². The number of nitrogens with zero attached hydrogens (tertiary/aromatic N) is 2. The number of pyridine rings is 1. The van der Waals surface area contributed by atoms with Crippen molar-refractivity contribution in [3.8, 4) is 5.75 Å². The lowest BCUT2D eigenvalue weighted by atomic mass is 9.94. The van der Waals surface area contributed by atoms with E-state index in [1.807, 2.05) is 37.3 Å². The Morgan fingerprint density at radius 3 is 2.53 bits per heavy atom. The van der Waals surface area contributed by atoms with Gasteiger partial charge < -0.3 is 14.7 Å². The SMILES string of the molecule is COc1ccc(/C(O)=C2/C(=O)C(=O)N(Cc3cccnc3)C2c2ccc(C)cc2)cc1Cl. The van der Waals surface area contributed by atoms with Gasteiger partial charge >= 0.3 is 0 Å². The number of halogens is 1. The number of likely N-dealkylation sites (tertiary alicyclic amines) is 1.